The second kappa shape index (κ2) is 9.62. The molecule has 25 heavy (non-hydrogen) atoms. The van der Waals surface area contributed by atoms with E-state index < -0.39 is 0 Å². The number of rotatable bonds is 6. The van der Waals surface area contributed by atoms with Crippen molar-refractivity contribution < 1.29 is 4.74 Å². The van der Waals surface area contributed by atoms with Crippen molar-refractivity contribution in [2.24, 2.45) is 0 Å². The van der Waals surface area contributed by atoms with Crippen LogP contribution in [0, 0.1) is 6.92 Å². The second-order valence-electron chi connectivity index (χ2n) is 7.29. The summed E-state index contributed by atoms with van der Waals surface area (Å²) >= 11 is 0. The summed E-state index contributed by atoms with van der Waals surface area (Å²) in [5, 5.41) is 3.76. The van der Waals surface area contributed by atoms with Crippen LogP contribution < -0.4 is 10.1 Å². The van der Waals surface area contributed by atoms with E-state index >= 15 is 0 Å². The number of nitrogens with one attached hydrogen (secondary N) is 1. The molecule has 0 radical (unpaired) electrons. The van der Waals surface area contributed by atoms with Crippen molar-refractivity contribution in [3.63, 3.8) is 0 Å². The quantitative estimate of drug-likeness (QED) is 0.722. The molecule has 0 unspecified atom stereocenters. The molecule has 1 fully saturated rings. The lowest BCUT2D eigenvalue weighted by atomic mass is 9.96. The van der Waals surface area contributed by atoms with E-state index in [4.69, 9.17) is 4.74 Å². The molecular formula is C23H31NO. The number of benzene rings is 2. The fourth-order valence-electron chi connectivity index (χ4n) is 3.60. The molecule has 2 aromatic rings. The zero-order valence-corrected chi connectivity index (χ0v) is 15.5. The maximum atomic E-state index is 6.01. The molecule has 0 atom stereocenters. The Kier molecular flexibility index (Phi) is 6.93. The largest absolute Gasteiger partial charge is 0.489 e. The van der Waals surface area contributed by atoms with Crippen LogP contribution in [0.4, 0.5) is 0 Å². The molecule has 2 aromatic carbocycles. The molecule has 1 aliphatic carbocycles. The number of ether oxygens (including phenoxy) is 1. The molecule has 134 valence electrons. The van der Waals surface area contributed by atoms with Crippen LogP contribution in [0.1, 0.15) is 61.6 Å². The van der Waals surface area contributed by atoms with Crippen LogP contribution in [-0.2, 0) is 13.2 Å². The molecule has 2 nitrogen and oxygen atoms in total. The van der Waals surface area contributed by atoms with Crippen LogP contribution in [0.15, 0.2) is 48.5 Å². The Morgan fingerprint density at radius 2 is 1.68 bits per heavy atom. The lowest BCUT2D eigenvalue weighted by molar-refractivity contribution is 0.305. The van der Waals surface area contributed by atoms with Crippen LogP contribution >= 0.6 is 0 Å². The first-order chi connectivity index (χ1) is 12.3. The van der Waals surface area contributed by atoms with Crippen LogP contribution in [0.3, 0.4) is 0 Å². The predicted molar refractivity (Wildman–Crippen MR) is 105 cm³/mol. The molecule has 1 aliphatic rings. The summed E-state index contributed by atoms with van der Waals surface area (Å²) in [6.07, 6.45) is 9.62. The molecule has 0 aromatic heterocycles. The van der Waals surface area contributed by atoms with Gasteiger partial charge in [0.1, 0.15) is 12.4 Å². The van der Waals surface area contributed by atoms with Gasteiger partial charge in [-0.05, 0) is 48.6 Å². The van der Waals surface area contributed by atoms with Crippen molar-refractivity contribution in [2.75, 3.05) is 0 Å². The van der Waals surface area contributed by atoms with E-state index in [1.807, 2.05) is 0 Å². The molecule has 3 rings (SSSR count). The first kappa shape index (κ1) is 18.0. The van der Waals surface area contributed by atoms with Crippen LogP contribution in [0.2, 0.25) is 0 Å². The normalized spacial score (nSPS) is 16.2. The summed E-state index contributed by atoms with van der Waals surface area (Å²) in [5.41, 5.74) is 3.84. The Labute approximate surface area is 152 Å². The summed E-state index contributed by atoms with van der Waals surface area (Å²) in [4.78, 5) is 0. The molecule has 1 N–H and O–H groups in total. The highest BCUT2D eigenvalue weighted by Crippen LogP contribution is 2.19. The van der Waals surface area contributed by atoms with Crippen molar-refractivity contribution >= 4 is 0 Å². The van der Waals surface area contributed by atoms with Crippen molar-refractivity contribution in [3.05, 3.63) is 65.2 Å². The van der Waals surface area contributed by atoms with Gasteiger partial charge in [0.2, 0.25) is 0 Å². The number of hydrogen-bond donors (Lipinski definition) is 1. The minimum absolute atomic E-state index is 0.631. The highest BCUT2D eigenvalue weighted by molar-refractivity contribution is 5.30. The van der Waals surface area contributed by atoms with E-state index in [9.17, 15) is 0 Å². The van der Waals surface area contributed by atoms with Gasteiger partial charge in [-0.2, -0.15) is 0 Å². The second-order valence-corrected chi connectivity index (χ2v) is 7.29. The zero-order valence-electron chi connectivity index (χ0n) is 15.5. The Bertz CT molecular complexity index is 644. The standard InChI is InChI=1S/C23H31NO/c1-19-10-7-8-12-21(19)18-25-23-15-9-11-20(16-23)17-24-22-13-5-3-2-4-6-14-22/h7-12,15-16,22,24H,2-6,13-14,17-18H2,1H3. The maximum Gasteiger partial charge on any atom is 0.120 e. The van der Waals surface area contributed by atoms with Gasteiger partial charge in [0.25, 0.3) is 0 Å². The smallest absolute Gasteiger partial charge is 0.120 e. The molecule has 0 heterocycles. The van der Waals surface area contributed by atoms with Gasteiger partial charge in [0.15, 0.2) is 0 Å². The highest BCUT2D eigenvalue weighted by atomic mass is 16.5. The van der Waals surface area contributed by atoms with Crippen molar-refractivity contribution in [3.8, 4) is 5.75 Å². The molecule has 0 aliphatic heterocycles. The molecule has 0 bridgehead atoms. The Morgan fingerprint density at radius 1 is 0.920 bits per heavy atom. The number of aryl methyl sites for hydroxylation is 1. The van der Waals surface area contributed by atoms with Crippen molar-refractivity contribution in [1.29, 1.82) is 0 Å². The van der Waals surface area contributed by atoms with Gasteiger partial charge in [0.05, 0.1) is 0 Å². The third-order valence-electron chi connectivity index (χ3n) is 5.25. The van der Waals surface area contributed by atoms with Crippen LogP contribution in [0.25, 0.3) is 0 Å². The summed E-state index contributed by atoms with van der Waals surface area (Å²) in [6.45, 7) is 3.70. The van der Waals surface area contributed by atoms with E-state index in [0.29, 0.717) is 12.6 Å². The minimum atomic E-state index is 0.631. The molecular weight excluding hydrogens is 306 g/mol. The summed E-state index contributed by atoms with van der Waals surface area (Å²) in [5.74, 6) is 0.959. The van der Waals surface area contributed by atoms with E-state index in [0.717, 1.165) is 12.3 Å². The van der Waals surface area contributed by atoms with Gasteiger partial charge in [0, 0.05) is 12.6 Å². The molecule has 2 heteroatoms. The monoisotopic (exact) mass is 337 g/mol. The first-order valence-corrected chi connectivity index (χ1v) is 9.81. The lowest BCUT2D eigenvalue weighted by Gasteiger charge is -2.21. The average molecular weight is 338 g/mol. The number of hydrogen-bond acceptors (Lipinski definition) is 2. The first-order valence-electron chi connectivity index (χ1n) is 9.81. The van der Waals surface area contributed by atoms with Gasteiger partial charge in [-0.1, -0.05) is 68.5 Å². The van der Waals surface area contributed by atoms with E-state index in [-0.39, 0.29) is 0 Å². The Morgan fingerprint density at radius 3 is 2.48 bits per heavy atom. The van der Waals surface area contributed by atoms with E-state index in [1.54, 1.807) is 0 Å². The molecule has 0 saturated heterocycles. The Balaban J connectivity index is 1.51. The summed E-state index contributed by atoms with van der Waals surface area (Å²) in [7, 11) is 0. The lowest BCUT2D eigenvalue weighted by Crippen LogP contribution is -2.29. The van der Waals surface area contributed by atoms with E-state index in [2.05, 4.69) is 60.8 Å². The van der Waals surface area contributed by atoms with Crippen LogP contribution in [-0.4, -0.2) is 6.04 Å². The van der Waals surface area contributed by atoms with Gasteiger partial charge in [-0.15, -0.1) is 0 Å². The molecule has 0 spiro atoms. The van der Waals surface area contributed by atoms with Gasteiger partial charge >= 0.3 is 0 Å². The summed E-state index contributed by atoms with van der Waals surface area (Å²) in [6, 6.07) is 17.6. The average Bonchev–Trinajstić information content (AvgIpc) is 2.60. The third-order valence-corrected chi connectivity index (χ3v) is 5.25. The molecule has 0 amide bonds. The third kappa shape index (κ3) is 5.89. The topological polar surface area (TPSA) is 21.3 Å². The fraction of sp³-hybridized carbons (Fsp3) is 0.478. The highest BCUT2D eigenvalue weighted by Gasteiger charge is 2.10. The minimum Gasteiger partial charge on any atom is -0.489 e. The van der Waals surface area contributed by atoms with Crippen LogP contribution in [0.5, 0.6) is 5.75 Å². The van der Waals surface area contributed by atoms with E-state index in [1.165, 1.54) is 61.6 Å². The Hall–Kier alpha value is -1.80. The fourth-order valence-corrected chi connectivity index (χ4v) is 3.60. The summed E-state index contributed by atoms with van der Waals surface area (Å²) < 4.78 is 6.01. The van der Waals surface area contributed by atoms with Crippen molar-refractivity contribution in [1.82, 2.24) is 5.32 Å². The molecule has 1 saturated carbocycles. The SMILES string of the molecule is Cc1ccccc1COc1cccc(CNC2CCCCCCC2)c1. The zero-order chi connectivity index (χ0) is 17.3. The maximum absolute atomic E-state index is 6.01. The van der Waals surface area contributed by atoms with Gasteiger partial charge in [-0.3, -0.25) is 0 Å². The van der Waals surface area contributed by atoms with Gasteiger partial charge < -0.3 is 10.1 Å². The predicted octanol–water partition coefficient (Wildman–Crippen LogP) is 5.78. The van der Waals surface area contributed by atoms with Gasteiger partial charge in [-0.25, -0.2) is 0 Å². The van der Waals surface area contributed by atoms with Crippen molar-refractivity contribution in [2.45, 2.75) is 71.1 Å².